The fourth-order valence-corrected chi connectivity index (χ4v) is 2.99. The van der Waals surface area contributed by atoms with E-state index in [2.05, 4.69) is 5.32 Å². The molecule has 1 aliphatic carbocycles. The molecule has 4 heteroatoms. The van der Waals surface area contributed by atoms with Crippen molar-refractivity contribution in [3.63, 3.8) is 0 Å². The van der Waals surface area contributed by atoms with Gasteiger partial charge in [-0.15, -0.1) is 0 Å². The second-order valence-corrected chi connectivity index (χ2v) is 6.00. The number of carbonyl (C=O) groups excluding carboxylic acids is 1. The van der Waals surface area contributed by atoms with E-state index < -0.39 is 12.0 Å². The van der Waals surface area contributed by atoms with E-state index in [0.717, 1.165) is 17.5 Å². The van der Waals surface area contributed by atoms with E-state index in [4.69, 9.17) is 0 Å². The molecule has 0 aliphatic heterocycles. The first-order chi connectivity index (χ1) is 11.1. The van der Waals surface area contributed by atoms with Gasteiger partial charge in [-0.05, 0) is 36.0 Å². The second kappa shape index (κ2) is 6.24. The van der Waals surface area contributed by atoms with Gasteiger partial charge in [-0.1, -0.05) is 54.6 Å². The molecule has 3 atom stereocenters. The van der Waals surface area contributed by atoms with Crippen molar-refractivity contribution in [2.24, 2.45) is 5.92 Å². The lowest BCUT2D eigenvalue weighted by Gasteiger charge is -2.17. The molecule has 2 aromatic carbocycles. The van der Waals surface area contributed by atoms with Gasteiger partial charge in [0.25, 0.3) is 0 Å². The van der Waals surface area contributed by atoms with Gasteiger partial charge in [0, 0.05) is 5.92 Å². The Bertz CT molecular complexity index is 726. The normalized spacial score (nSPS) is 20.6. The molecule has 0 aromatic heterocycles. The monoisotopic (exact) mass is 309 g/mol. The number of aliphatic carboxylic acids is 1. The summed E-state index contributed by atoms with van der Waals surface area (Å²) < 4.78 is 0. The first-order valence-electron chi connectivity index (χ1n) is 7.71. The van der Waals surface area contributed by atoms with Crippen molar-refractivity contribution in [1.82, 2.24) is 5.32 Å². The summed E-state index contributed by atoms with van der Waals surface area (Å²) >= 11 is 0. The molecule has 0 spiro atoms. The predicted octanol–water partition coefficient (Wildman–Crippen LogP) is 3.04. The first kappa shape index (κ1) is 15.3. The Morgan fingerprint density at radius 2 is 1.74 bits per heavy atom. The molecule has 1 aliphatic rings. The number of hydrogen-bond acceptors (Lipinski definition) is 2. The van der Waals surface area contributed by atoms with Crippen molar-refractivity contribution in [1.29, 1.82) is 0 Å². The smallest absolute Gasteiger partial charge is 0.330 e. The molecule has 23 heavy (non-hydrogen) atoms. The third kappa shape index (κ3) is 3.26. The fourth-order valence-electron chi connectivity index (χ4n) is 2.99. The summed E-state index contributed by atoms with van der Waals surface area (Å²) in [6, 6.07) is 16.1. The molecule has 1 amide bonds. The molecule has 2 N–H and O–H groups in total. The second-order valence-electron chi connectivity index (χ2n) is 6.00. The SMILES string of the molecule is Cc1ccccc1[C@H](NC(=O)[C@@H]1C[C@H]1c1ccccc1)C(=O)O. The van der Waals surface area contributed by atoms with E-state index in [1.54, 1.807) is 12.1 Å². The largest absolute Gasteiger partial charge is 0.479 e. The molecule has 0 radical (unpaired) electrons. The number of hydrogen-bond donors (Lipinski definition) is 2. The maximum absolute atomic E-state index is 12.4. The topological polar surface area (TPSA) is 66.4 Å². The fraction of sp³-hybridized carbons (Fsp3) is 0.263. The van der Waals surface area contributed by atoms with E-state index in [1.165, 1.54) is 0 Å². The van der Waals surface area contributed by atoms with Gasteiger partial charge in [-0.25, -0.2) is 4.79 Å². The number of nitrogens with one attached hydrogen (secondary N) is 1. The van der Waals surface area contributed by atoms with Crippen LogP contribution < -0.4 is 5.32 Å². The van der Waals surface area contributed by atoms with Crippen molar-refractivity contribution >= 4 is 11.9 Å². The Hall–Kier alpha value is -2.62. The van der Waals surface area contributed by atoms with E-state index in [0.29, 0.717) is 5.56 Å². The van der Waals surface area contributed by atoms with E-state index in [1.807, 2.05) is 49.4 Å². The number of rotatable bonds is 5. The Kier molecular flexibility index (Phi) is 4.15. The molecular weight excluding hydrogens is 290 g/mol. The summed E-state index contributed by atoms with van der Waals surface area (Å²) in [5.41, 5.74) is 2.62. The Labute approximate surface area is 135 Å². The van der Waals surface area contributed by atoms with Crippen LogP contribution in [0.4, 0.5) is 0 Å². The maximum Gasteiger partial charge on any atom is 0.330 e. The molecule has 0 saturated heterocycles. The highest BCUT2D eigenvalue weighted by molar-refractivity contribution is 5.88. The van der Waals surface area contributed by atoms with Crippen LogP contribution in [0.5, 0.6) is 0 Å². The van der Waals surface area contributed by atoms with Crippen LogP contribution in [0.25, 0.3) is 0 Å². The molecule has 2 aromatic rings. The number of carboxylic acids is 1. The average molecular weight is 309 g/mol. The third-order valence-electron chi connectivity index (χ3n) is 4.39. The highest BCUT2D eigenvalue weighted by Crippen LogP contribution is 2.47. The zero-order chi connectivity index (χ0) is 16.4. The van der Waals surface area contributed by atoms with E-state index in [9.17, 15) is 14.7 Å². The van der Waals surface area contributed by atoms with Crippen LogP contribution in [0.1, 0.15) is 35.1 Å². The predicted molar refractivity (Wildman–Crippen MR) is 87.0 cm³/mol. The van der Waals surface area contributed by atoms with Gasteiger partial charge < -0.3 is 10.4 Å². The van der Waals surface area contributed by atoms with Gasteiger partial charge in [-0.2, -0.15) is 0 Å². The molecule has 1 fully saturated rings. The van der Waals surface area contributed by atoms with Crippen molar-refractivity contribution in [2.45, 2.75) is 25.3 Å². The minimum atomic E-state index is -1.04. The molecule has 3 rings (SSSR count). The van der Waals surface area contributed by atoms with Crippen molar-refractivity contribution in [3.05, 3.63) is 71.3 Å². The molecule has 0 bridgehead atoms. The lowest BCUT2D eigenvalue weighted by Crippen LogP contribution is -2.35. The Morgan fingerprint density at radius 3 is 2.39 bits per heavy atom. The molecule has 0 unspecified atom stereocenters. The Balaban J connectivity index is 1.71. The van der Waals surface area contributed by atoms with Gasteiger partial charge in [-0.3, -0.25) is 4.79 Å². The molecule has 1 saturated carbocycles. The number of carboxylic acid groups (broad SMARTS) is 1. The average Bonchev–Trinajstić information content (AvgIpc) is 3.34. The molecule has 4 nitrogen and oxygen atoms in total. The van der Waals surface area contributed by atoms with Gasteiger partial charge >= 0.3 is 5.97 Å². The summed E-state index contributed by atoms with van der Waals surface area (Å²) in [6.45, 7) is 1.85. The van der Waals surface area contributed by atoms with Gasteiger partial charge in [0.2, 0.25) is 5.91 Å². The first-order valence-corrected chi connectivity index (χ1v) is 7.71. The summed E-state index contributed by atoms with van der Waals surface area (Å²) in [5, 5.41) is 12.2. The number of carbonyl (C=O) groups is 2. The number of aryl methyl sites for hydroxylation is 1. The van der Waals surface area contributed by atoms with Crippen molar-refractivity contribution < 1.29 is 14.7 Å². The summed E-state index contributed by atoms with van der Waals surface area (Å²) in [6.07, 6.45) is 0.774. The van der Waals surface area contributed by atoms with Crippen LogP contribution in [-0.2, 0) is 9.59 Å². The molecular formula is C19H19NO3. The lowest BCUT2D eigenvalue weighted by molar-refractivity contribution is -0.142. The van der Waals surface area contributed by atoms with Crippen LogP contribution in [0.3, 0.4) is 0 Å². The van der Waals surface area contributed by atoms with E-state index in [-0.39, 0.29) is 17.7 Å². The highest BCUT2D eigenvalue weighted by Gasteiger charge is 2.44. The summed E-state index contributed by atoms with van der Waals surface area (Å²) in [4.78, 5) is 24.0. The van der Waals surface area contributed by atoms with Crippen LogP contribution in [0, 0.1) is 12.8 Å². The van der Waals surface area contributed by atoms with Gasteiger partial charge in [0.05, 0.1) is 0 Å². The minimum absolute atomic E-state index is 0.136. The quantitative estimate of drug-likeness (QED) is 0.892. The van der Waals surface area contributed by atoms with Crippen LogP contribution >= 0.6 is 0 Å². The zero-order valence-corrected chi connectivity index (χ0v) is 12.9. The van der Waals surface area contributed by atoms with Crippen LogP contribution in [-0.4, -0.2) is 17.0 Å². The highest BCUT2D eigenvalue weighted by atomic mass is 16.4. The van der Waals surface area contributed by atoms with E-state index >= 15 is 0 Å². The standard InChI is InChI=1S/C19H19NO3/c1-12-7-5-6-10-14(12)17(19(22)23)20-18(21)16-11-15(16)13-8-3-2-4-9-13/h2-10,15-17H,11H2,1H3,(H,20,21)(H,22,23)/t15-,16+,17-/m0/s1. The van der Waals surface area contributed by atoms with Crippen molar-refractivity contribution in [2.75, 3.05) is 0 Å². The third-order valence-corrected chi connectivity index (χ3v) is 4.39. The maximum atomic E-state index is 12.4. The minimum Gasteiger partial charge on any atom is -0.479 e. The molecule has 0 heterocycles. The summed E-state index contributed by atoms with van der Waals surface area (Å²) in [5.74, 6) is -1.16. The van der Waals surface area contributed by atoms with Gasteiger partial charge in [0.1, 0.15) is 0 Å². The van der Waals surface area contributed by atoms with Crippen LogP contribution in [0.2, 0.25) is 0 Å². The van der Waals surface area contributed by atoms with Crippen LogP contribution in [0.15, 0.2) is 54.6 Å². The Morgan fingerprint density at radius 1 is 1.09 bits per heavy atom. The van der Waals surface area contributed by atoms with Crippen molar-refractivity contribution in [3.8, 4) is 0 Å². The molecule has 118 valence electrons. The number of benzene rings is 2. The summed E-state index contributed by atoms with van der Waals surface area (Å²) in [7, 11) is 0. The number of amides is 1. The van der Waals surface area contributed by atoms with Gasteiger partial charge in [0.15, 0.2) is 6.04 Å². The lowest BCUT2D eigenvalue weighted by atomic mass is 10.0. The zero-order valence-electron chi connectivity index (χ0n) is 12.9.